The number of carbonyl (C=O) groups excluding carboxylic acids is 2. The summed E-state index contributed by atoms with van der Waals surface area (Å²) < 4.78 is 16.7. The number of anilines is 2. The van der Waals surface area contributed by atoms with Crippen LogP contribution in [0, 0.1) is 13.8 Å². The maximum Gasteiger partial charge on any atom is 0.417 e. The van der Waals surface area contributed by atoms with Gasteiger partial charge in [-0.2, -0.15) is 0 Å². The fourth-order valence-corrected chi connectivity index (χ4v) is 5.83. The molecule has 1 aliphatic rings. The summed E-state index contributed by atoms with van der Waals surface area (Å²) in [6.45, 7) is 7.77. The normalized spacial score (nSPS) is 14.7. The summed E-state index contributed by atoms with van der Waals surface area (Å²) in [7, 11) is 1.65. The van der Waals surface area contributed by atoms with Crippen LogP contribution in [-0.4, -0.2) is 37.2 Å². The van der Waals surface area contributed by atoms with E-state index in [0.717, 1.165) is 56.9 Å². The van der Waals surface area contributed by atoms with E-state index < -0.39 is 12.1 Å². The van der Waals surface area contributed by atoms with Gasteiger partial charge >= 0.3 is 6.09 Å². The van der Waals surface area contributed by atoms with Crippen molar-refractivity contribution in [1.82, 2.24) is 11.1 Å². The standard InChI is InChI=1S/C37H41N3O5.H3N/c1-5-39-33-18-17-31(25(3)36(33)38)32(20-35(41)40-34(23-45-37(40)42)27-9-7-6-8-10-27)28-14-11-24(2)29(19-28)22-44-21-26-12-15-30(43-4)16-13-26;/h6-19,32,34,39H,5,20-23,38H2,1-4H3;1H3/t32-,34-;/m0./s1. The second kappa shape index (κ2) is 15.4. The van der Waals surface area contributed by atoms with E-state index in [1.165, 1.54) is 4.90 Å². The van der Waals surface area contributed by atoms with Gasteiger partial charge in [-0.05, 0) is 77.9 Å². The van der Waals surface area contributed by atoms with Crippen LogP contribution in [0.4, 0.5) is 16.2 Å². The number of hydrogen-bond donors (Lipinski definition) is 3. The Morgan fingerprint density at radius 3 is 2.46 bits per heavy atom. The Morgan fingerprint density at radius 1 is 1.02 bits per heavy atom. The van der Waals surface area contributed by atoms with Crippen molar-refractivity contribution >= 4 is 23.4 Å². The van der Waals surface area contributed by atoms with Gasteiger partial charge in [0.1, 0.15) is 18.4 Å². The summed E-state index contributed by atoms with van der Waals surface area (Å²) in [4.78, 5) is 28.2. The van der Waals surface area contributed by atoms with E-state index in [1.54, 1.807) is 7.11 Å². The van der Waals surface area contributed by atoms with Crippen LogP contribution < -0.4 is 21.9 Å². The predicted octanol–water partition coefficient (Wildman–Crippen LogP) is 7.45. The van der Waals surface area contributed by atoms with Gasteiger partial charge < -0.3 is 31.4 Å². The third-order valence-electron chi connectivity index (χ3n) is 8.47. The third kappa shape index (κ3) is 7.50. The van der Waals surface area contributed by atoms with Crippen molar-refractivity contribution in [3.8, 4) is 5.75 Å². The maximum absolute atomic E-state index is 14.0. The quantitative estimate of drug-likeness (QED) is 0.138. The van der Waals surface area contributed by atoms with Crippen molar-refractivity contribution in [1.29, 1.82) is 0 Å². The first-order valence-electron chi connectivity index (χ1n) is 15.3. The lowest BCUT2D eigenvalue weighted by Gasteiger charge is -2.26. The molecule has 2 amide bonds. The summed E-state index contributed by atoms with van der Waals surface area (Å²) in [6.07, 6.45) is -0.558. The van der Waals surface area contributed by atoms with Crippen LogP contribution in [0.15, 0.2) is 84.9 Å². The molecule has 0 saturated carbocycles. The molecule has 4 aromatic rings. The maximum atomic E-state index is 14.0. The lowest BCUT2D eigenvalue weighted by Crippen LogP contribution is -2.35. The van der Waals surface area contributed by atoms with E-state index >= 15 is 0 Å². The van der Waals surface area contributed by atoms with E-state index in [1.807, 2.05) is 86.6 Å². The number of amides is 2. The fourth-order valence-electron chi connectivity index (χ4n) is 5.83. The summed E-state index contributed by atoms with van der Waals surface area (Å²) in [5.74, 6) is 0.138. The molecule has 1 fully saturated rings. The Morgan fingerprint density at radius 2 is 1.76 bits per heavy atom. The smallest absolute Gasteiger partial charge is 0.417 e. The number of nitrogens with two attached hydrogens (primary N) is 1. The summed E-state index contributed by atoms with van der Waals surface area (Å²) >= 11 is 0. The van der Waals surface area contributed by atoms with Crippen molar-refractivity contribution < 1.29 is 23.8 Å². The van der Waals surface area contributed by atoms with Gasteiger partial charge in [-0.3, -0.25) is 4.79 Å². The van der Waals surface area contributed by atoms with Crippen LogP contribution >= 0.6 is 0 Å². The molecule has 5 rings (SSSR count). The fraction of sp³-hybridized carbons (Fsp3) is 0.297. The summed E-state index contributed by atoms with van der Waals surface area (Å²) in [6, 6.07) is 27.0. The Balaban J connectivity index is 0.00000480. The summed E-state index contributed by atoms with van der Waals surface area (Å²) in [5.41, 5.74) is 14.9. The minimum Gasteiger partial charge on any atom is -0.497 e. The van der Waals surface area contributed by atoms with Gasteiger partial charge in [0.2, 0.25) is 5.91 Å². The van der Waals surface area contributed by atoms with E-state index in [2.05, 4.69) is 24.4 Å². The van der Waals surface area contributed by atoms with Crippen LogP contribution in [-0.2, 0) is 27.5 Å². The van der Waals surface area contributed by atoms with Crippen molar-refractivity contribution in [3.05, 3.63) is 124 Å². The molecule has 0 radical (unpaired) electrons. The number of nitrogens with one attached hydrogen (secondary N) is 1. The number of benzene rings is 4. The molecule has 6 N–H and O–H groups in total. The minimum absolute atomic E-state index is 0. The molecule has 1 heterocycles. The average molecular weight is 625 g/mol. The molecule has 2 atom stereocenters. The number of cyclic esters (lactones) is 1. The minimum atomic E-state index is -0.622. The third-order valence-corrected chi connectivity index (χ3v) is 8.47. The molecule has 0 aliphatic carbocycles. The van der Waals surface area contributed by atoms with E-state index in [0.29, 0.717) is 18.9 Å². The topological polar surface area (TPSA) is 138 Å². The summed E-state index contributed by atoms with van der Waals surface area (Å²) in [5, 5.41) is 3.31. The number of aryl methyl sites for hydroxylation is 1. The second-order valence-corrected chi connectivity index (χ2v) is 11.3. The lowest BCUT2D eigenvalue weighted by atomic mass is 9.83. The first-order valence-corrected chi connectivity index (χ1v) is 15.3. The molecular weight excluding hydrogens is 580 g/mol. The van der Waals surface area contributed by atoms with Gasteiger partial charge in [-0.15, -0.1) is 0 Å². The van der Waals surface area contributed by atoms with E-state index in [9.17, 15) is 9.59 Å². The van der Waals surface area contributed by atoms with Crippen molar-refractivity contribution in [3.63, 3.8) is 0 Å². The molecule has 0 bridgehead atoms. The molecule has 0 unspecified atom stereocenters. The zero-order valence-electron chi connectivity index (χ0n) is 27.0. The number of carbonyl (C=O) groups is 2. The lowest BCUT2D eigenvalue weighted by molar-refractivity contribution is -0.129. The zero-order chi connectivity index (χ0) is 31.9. The van der Waals surface area contributed by atoms with Gasteiger partial charge in [0, 0.05) is 18.9 Å². The highest BCUT2D eigenvalue weighted by atomic mass is 16.6. The molecule has 46 heavy (non-hydrogen) atoms. The number of imide groups is 1. The van der Waals surface area contributed by atoms with Crippen molar-refractivity contribution in [2.75, 3.05) is 31.3 Å². The van der Waals surface area contributed by atoms with Crippen molar-refractivity contribution in [2.24, 2.45) is 0 Å². The van der Waals surface area contributed by atoms with Crippen molar-refractivity contribution in [2.45, 2.75) is 52.4 Å². The second-order valence-electron chi connectivity index (χ2n) is 11.3. The van der Waals surface area contributed by atoms with Gasteiger partial charge in [-0.25, -0.2) is 9.69 Å². The molecule has 4 aromatic carbocycles. The average Bonchev–Trinajstić information content (AvgIpc) is 3.45. The van der Waals surface area contributed by atoms with E-state index in [-0.39, 0.29) is 31.0 Å². The first-order chi connectivity index (χ1) is 21.8. The number of ether oxygens (including phenoxy) is 3. The van der Waals surface area contributed by atoms with Crippen LogP contribution in [0.1, 0.15) is 64.2 Å². The molecule has 0 aromatic heterocycles. The van der Waals surface area contributed by atoms with Crippen LogP contribution in [0.2, 0.25) is 0 Å². The molecular formula is C37H44N4O5. The van der Waals surface area contributed by atoms with Gasteiger partial charge in [0.15, 0.2) is 0 Å². The number of nitrogen functional groups attached to an aromatic ring is 1. The number of rotatable bonds is 12. The Hall–Kier alpha value is -4.86. The van der Waals surface area contributed by atoms with E-state index in [4.69, 9.17) is 19.9 Å². The molecule has 242 valence electrons. The predicted molar refractivity (Wildman–Crippen MR) is 181 cm³/mol. The Kier molecular flexibility index (Phi) is 11.4. The van der Waals surface area contributed by atoms with Gasteiger partial charge in [0.05, 0.1) is 31.7 Å². The van der Waals surface area contributed by atoms with Gasteiger partial charge in [-0.1, -0.05) is 66.7 Å². The highest BCUT2D eigenvalue weighted by Crippen LogP contribution is 2.38. The van der Waals surface area contributed by atoms with Gasteiger partial charge in [0.25, 0.3) is 0 Å². The number of methoxy groups -OCH3 is 1. The largest absolute Gasteiger partial charge is 0.497 e. The number of hydrogen-bond acceptors (Lipinski definition) is 8. The molecule has 1 saturated heterocycles. The Bertz CT molecular complexity index is 1640. The molecule has 0 spiro atoms. The number of nitrogens with zero attached hydrogens (tertiary/aromatic N) is 1. The zero-order valence-corrected chi connectivity index (χ0v) is 27.0. The molecule has 9 nitrogen and oxygen atoms in total. The highest BCUT2D eigenvalue weighted by Gasteiger charge is 2.40. The molecule has 1 aliphatic heterocycles. The molecule has 9 heteroatoms. The van der Waals surface area contributed by atoms with Crippen LogP contribution in [0.25, 0.3) is 0 Å². The van der Waals surface area contributed by atoms with Crippen LogP contribution in [0.3, 0.4) is 0 Å². The monoisotopic (exact) mass is 624 g/mol. The van der Waals surface area contributed by atoms with Crippen LogP contribution in [0.5, 0.6) is 5.75 Å². The highest BCUT2D eigenvalue weighted by molar-refractivity contribution is 5.94. The Labute approximate surface area is 271 Å². The first kappa shape index (κ1) is 34.0. The SMILES string of the molecule is CCNc1ccc([C@@H](CC(=O)N2C(=O)OC[C@H]2c2ccccc2)c2ccc(C)c(COCc3ccc(OC)cc3)c2)c(C)c1N.N.